The molecule has 6 heteroatoms. The lowest BCUT2D eigenvalue weighted by Crippen LogP contribution is -2.00. The van der Waals surface area contributed by atoms with Crippen molar-refractivity contribution in [3.8, 4) is 0 Å². The minimum absolute atomic E-state index is 0.0222. The van der Waals surface area contributed by atoms with E-state index in [1.807, 2.05) is 0 Å². The van der Waals surface area contributed by atoms with Crippen molar-refractivity contribution in [2.75, 3.05) is 0 Å². The highest BCUT2D eigenvalue weighted by Gasteiger charge is 2.11. The Balaban J connectivity index is 2.23. The first-order valence-corrected chi connectivity index (χ1v) is 6.12. The zero-order chi connectivity index (χ0) is 14.7. The van der Waals surface area contributed by atoms with Gasteiger partial charge in [-0.05, 0) is 17.7 Å². The van der Waals surface area contributed by atoms with Crippen LogP contribution in [0.5, 0.6) is 0 Å². The quantitative estimate of drug-likeness (QED) is 0.478. The maximum atomic E-state index is 13.3. The number of ketones is 1. The number of nitrogens with zero attached hydrogens (tertiary/aromatic N) is 2. The van der Waals surface area contributed by atoms with Crippen LogP contribution in [0.15, 0.2) is 36.7 Å². The van der Waals surface area contributed by atoms with Crippen LogP contribution in [0.4, 0.5) is 10.1 Å². The Morgan fingerprint density at radius 1 is 1.40 bits per heavy atom. The lowest BCUT2D eigenvalue weighted by molar-refractivity contribution is -0.385. The second-order valence-electron chi connectivity index (χ2n) is 4.42. The normalized spacial score (nSPS) is 10.5. The third-order valence-corrected chi connectivity index (χ3v) is 2.91. The molecular weight excluding hydrogens is 263 g/mol. The van der Waals surface area contributed by atoms with Gasteiger partial charge in [-0.15, -0.1) is 0 Å². The topological polar surface area (TPSA) is 65.1 Å². The highest BCUT2D eigenvalue weighted by atomic mass is 19.1. The van der Waals surface area contributed by atoms with Crippen LogP contribution in [0.25, 0.3) is 0 Å². The number of non-ortho nitro benzene ring substituents is 1. The fourth-order valence-corrected chi connectivity index (χ4v) is 1.95. The molecule has 0 amide bonds. The lowest BCUT2D eigenvalue weighted by atomic mass is 10.2. The summed E-state index contributed by atoms with van der Waals surface area (Å²) in [7, 11) is 0. The molecular formula is C14H13FN2O3. The van der Waals surface area contributed by atoms with E-state index in [-0.39, 0.29) is 18.0 Å². The van der Waals surface area contributed by atoms with Crippen molar-refractivity contribution in [1.82, 2.24) is 4.57 Å². The fraction of sp³-hybridized carbons (Fsp3) is 0.214. The zero-order valence-corrected chi connectivity index (χ0v) is 10.9. The van der Waals surface area contributed by atoms with E-state index in [2.05, 4.69) is 0 Å². The van der Waals surface area contributed by atoms with Crippen molar-refractivity contribution in [3.05, 3.63) is 63.7 Å². The van der Waals surface area contributed by atoms with E-state index in [1.165, 1.54) is 12.1 Å². The van der Waals surface area contributed by atoms with Gasteiger partial charge in [0.25, 0.3) is 5.69 Å². The van der Waals surface area contributed by atoms with E-state index in [4.69, 9.17) is 0 Å². The highest BCUT2D eigenvalue weighted by Crippen LogP contribution is 2.17. The molecule has 0 N–H and O–H groups in total. The number of nitro benzene ring substituents is 1. The van der Waals surface area contributed by atoms with Crippen molar-refractivity contribution >= 4 is 11.5 Å². The maximum absolute atomic E-state index is 13.3. The average Bonchev–Trinajstić information content (AvgIpc) is 2.85. The van der Waals surface area contributed by atoms with Crippen LogP contribution in [0.2, 0.25) is 0 Å². The van der Waals surface area contributed by atoms with E-state index in [9.17, 15) is 19.3 Å². The van der Waals surface area contributed by atoms with Gasteiger partial charge >= 0.3 is 0 Å². The SMILES string of the molecule is CCC(=O)c1ccn(Cc2cc(F)cc([N+](=O)[O-])c2)c1. The summed E-state index contributed by atoms with van der Waals surface area (Å²) in [4.78, 5) is 21.6. The monoisotopic (exact) mass is 276 g/mol. The predicted molar refractivity (Wildman–Crippen MR) is 71.2 cm³/mol. The Morgan fingerprint density at radius 3 is 2.80 bits per heavy atom. The third kappa shape index (κ3) is 3.09. The lowest BCUT2D eigenvalue weighted by Gasteiger charge is -2.03. The summed E-state index contributed by atoms with van der Waals surface area (Å²) < 4.78 is 15.0. The van der Waals surface area contributed by atoms with Crippen molar-refractivity contribution in [1.29, 1.82) is 0 Å². The van der Waals surface area contributed by atoms with Crippen LogP contribution in [-0.2, 0) is 6.54 Å². The van der Waals surface area contributed by atoms with Crippen LogP contribution in [-0.4, -0.2) is 15.3 Å². The highest BCUT2D eigenvalue weighted by molar-refractivity contribution is 5.95. The number of benzene rings is 1. The molecule has 0 saturated heterocycles. The Hall–Kier alpha value is -2.50. The number of halogens is 1. The fourth-order valence-electron chi connectivity index (χ4n) is 1.95. The van der Waals surface area contributed by atoms with Gasteiger partial charge in [0.1, 0.15) is 5.82 Å². The van der Waals surface area contributed by atoms with Crippen molar-refractivity contribution in [2.24, 2.45) is 0 Å². The van der Waals surface area contributed by atoms with Gasteiger partial charge in [-0.3, -0.25) is 14.9 Å². The largest absolute Gasteiger partial charge is 0.349 e. The third-order valence-electron chi connectivity index (χ3n) is 2.91. The summed E-state index contributed by atoms with van der Waals surface area (Å²) in [5, 5.41) is 10.7. The van der Waals surface area contributed by atoms with Gasteiger partial charge in [0.2, 0.25) is 0 Å². The number of carbonyl (C=O) groups excluding carboxylic acids is 1. The van der Waals surface area contributed by atoms with E-state index in [1.54, 1.807) is 30.0 Å². The van der Waals surface area contributed by atoms with Crippen LogP contribution in [0.1, 0.15) is 29.3 Å². The molecule has 0 spiro atoms. The van der Waals surface area contributed by atoms with Gasteiger partial charge in [-0.2, -0.15) is 0 Å². The van der Waals surface area contributed by atoms with Crippen LogP contribution < -0.4 is 0 Å². The smallest absolute Gasteiger partial charge is 0.272 e. The average molecular weight is 276 g/mol. The van der Waals surface area contributed by atoms with Crippen LogP contribution >= 0.6 is 0 Å². The molecule has 1 aromatic carbocycles. The van der Waals surface area contributed by atoms with Crippen molar-refractivity contribution < 1.29 is 14.1 Å². The molecule has 0 radical (unpaired) electrons. The van der Waals surface area contributed by atoms with Crippen LogP contribution in [0.3, 0.4) is 0 Å². The molecule has 0 saturated carbocycles. The maximum Gasteiger partial charge on any atom is 0.272 e. The molecule has 2 rings (SSSR count). The van der Waals surface area contributed by atoms with E-state index in [0.717, 1.165) is 6.07 Å². The summed E-state index contributed by atoms with van der Waals surface area (Å²) in [5.41, 5.74) is 0.776. The molecule has 1 aromatic heterocycles. The molecule has 0 atom stereocenters. The van der Waals surface area contributed by atoms with Gasteiger partial charge in [0.05, 0.1) is 11.0 Å². The molecule has 0 aliphatic rings. The van der Waals surface area contributed by atoms with Gasteiger partial charge in [0, 0.05) is 37.0 Å². The standard InChI is InChI=1S/C14H13FN2O3/c1-2-14(18)11-3-4-16(9-11)8-10-5-12(15)7-13(6-10)17(19)20/h3-7,9H,2,8H2,1H3. The number of carbonyl (C=O) groups is 1. The molecule has 0 aliphatic heterocycles. The molecule has 0 bridgehead atoms. The number of rotatable bonds is 5. The summed E-state index contributed by atoms with van der Waals surface area (Å²) >= 11 is 0. The zero-order valence-electron chi connectivity index (χ0n) is 10.9. The number of hydrogen-bond acceptors (Lipinski definition) is 3. The Bertz CT molecular complexity index is 664. The van der Waals surface area contributed by atoms with Gasteiger partial charge in [0.15, 0.2) is 5.78 Å². The van der Waals surface area contributed by atoms with E-state index in [0.29, 0.717) is 17.5 Å². The minimum atomic E-state index is -0.647. The molecule has 20 heavy (non-hydrogen) atoms. The number of Topliss-reactive ketones (excluding diaryl/α,β-unsaturated/α-hetero) is 1. The minimum Gasteiger partial charge on any atom is -0.349 e. The second-order valence-corrected chi connectivity index (χ2v) is 4.42. The Kier molecular flexibility index (Phi) is 3.93. The second kappa shape index (κ2) is 5.64. The van der Waals surface area contributed by atoms with E-state index < -0.39 is 10.7 Å². The molecule has 5 nitrogen and oxygen atoms in total. The summed E-state index contributed by atoms with van der Waals surface area (Å²) in [6.45, 7) is 2.05. The first kappa shape index (κ1) is 13.9. The van der Waals surface area contributed by atoms with Gasteiger partial charge < -0.3 is 4.57 Å². The number of hydrogen-bond donors (Lipinski definition) is 0. The summed E-state index contributed by atoms with van der Waals surface area (Å²) in [5.74, 6) is -0.625. The number of aromatic nitrogens is 1. The first-order chi connectivity index (χ1) is 9.49. The summed E-state index contributed by atoms with van der Waals surface area (Å²) in [6.07, 6.45) is 3.76. The first-order valence-electron chi connectivity index (χ1n) is 6.12. The molecule has 1 heterocycles. The summed E-state index contributed by atoms with van der Waals surface area (Å²) in [6, 6.07) is 5.13. The van der Waals surface area contributed by atoms with E-state index >= 15 is 0 Å². The molecule has 0 aliphatic carbocycles. The van der Waals surface area contributed by atoms with Crippen molar-refractivity contribution in [2.45, 2.75) is 19.9 Å². The Labute approximate surface area is 114 Å². The number of nitro groups is 1. The van der Waals surface area contributed by atoms with Crippen LogP contribution in [0, 0.1) is 15.9 Å². The molecule has 0 fully saturated rings. The van der Waals surface area contributed by atoms with Gasteiger partial charge in [-0.25, -0.2) is 4.39 Å². The Morgan fingerprint density at radius 2 is 2.15 bits per heavy atom. The molecule has 104 valence electrons. The molecule has 2 aromatic rings. The van der Waals surface area contributed by atoms with Crippen molar-refractivity contribution in [3.63, 3.8) is 0 Å². The van der Waals surface area contributed by atoms with Gasteiger partial charge in [-0.1, -0.05) is 6.92 Å². The molecule has 0 unspecified atom stereocenters. The predicted octanol–water partition coefficient (Wildman–Crippen LogP) is 3.18.